The van der Waals surface area contributed by atoms with E-state index in [0.717, 1.165) is 0 Å². The van der Waals surface area contributed by atoms with Crippen LogP contribution >= 0.6 is 15.9 Å². The predicted octanol–water partition coefficient (Wildman–Crippen LogP) is 3.07. The number of hydrogen-bond acceptors (Lipinski definition) is 4. The van der Waals surface area contributed by atoms with Crippen LogP contribution in [0.5, 0.6) is 11.5 Å². The highest BCUT2D eigenvalue weighted by Crippen LogP contribution is 2.34. The van der Waals surface area contributed by atoms with Crippen molar-refractivity contribution in [3.63, 3.8) is 0 Å². The van der Waals surface area contributed by atoms with Crippen molar-refractivity contribution in [3.8, 4) is 11.5 Å². The van der Waals surface area contributed by atoms with Gasteiger partial charge in [0.25, 0.3) is 5.91 Å². The summed E-state index contributed by atoms with van der Waals surface area (Å²) in [6.07, 6.45) is 1.40. The van der Waals surface area contributed by atoms with Crippen LogP contribution in [0.2, 0.25) is 0 Å². The highest BCUT2D eigenvalue weighted by molar-refractivity contribution is 9.10. The lowest BCUT2D eigenvalue weighted by Crippen LogP contribution is -2.17. The summed E-state index contributed by atoms with van der Waals surface area (Å²) in [6.45, 7) is 0. The Kier molecular flexibility index (Phi) is 5.11. The molecule has 2 rings (SSSR count). The molecule has 0 spiro atoms. The fourth-order valence-corrected chi connectivity index (χ4v) is 2.11. The summed E-state index contributed by atoms with van der Waals surface area (Å²) in [5.41, 5.74) is 3.23. The molecule has 0 heterocycles. The molecule has 0 bridgehead atoms. The summed E-state index contributed by atoms with van der Waals surface area (Å²) in [5.74, 6) is -0.613. The van der Waals surface area contributed by atoms with Crippen LogP contribution in [0.15, 0.2) is 46.0 Å². The van der Waals surface area contributed by atoms with Gasteiger partial charge in [0.2, 0.25) is 0 Å². The van der Waals surface area contributed by atoms with E-state index in [1.54, 1.807) is 12.1 Å². The molecule has 2 aromatic carbocycles. The zero-order valence-corrected chi connectivity index (χ0v) is 13.1. The van der Waals surface area contributed by atoms with Crippen LogP contribution in [0.25, 0.3) is 0 Å². The van der Waals surface area contributed by atoms with Crippen molar-refractivity contribution in [2.75, 3.05) is 7.11 Å². The number of phenols is 1. The maximum atomic E-state index is 12.8. The van der Waals surface area contributed by atoms with Crippen molar-refractivity contribution < 1.29 is 19.0 Å². The monoisotopic (exact) mass is 366 g/mol. The molecule has 2 N–H and O–H groups in total. The van der Waals surface area contributed by atoms with E-state index in [0.29, 0.717) is 15.6 Å². The second-order valence-electron chi connectivity index (χ2n) is 4.26. The van der Waals surface area contributed by atoms with Gasteiger partial charge in [0, 0.05) is 5.56 Å². The smallest absolute Gasteiger partial charge is 0.271 e. The number of methoxy groups -OCH3 is 1. The number of rotatable bonds is 4. The summed E-state index contributed by atoms with van der Waals surface area (Å²) < 4.78 is 18.2. The Hall–Kier alpha value is -2.41. The van der Waals surface area contributed by atoms with Gasteiger partial charge in [-0.3, -0.25) is 4.79 Å². The Morgan fingerprint density at radius 2 is 2.05 bits per heavy atom. The fraction of sp³-hybridized carbons (Fsp3) is 0.0667. The second kappa shape index (κ2) is 7.04. The number of hydrazone groups is 1. The minimum atomic E-state index is -0.457. The van der Waals surface area contributed by atoms with E-state index in [9.17, 15) is 14.3 Å². The van der Waals surface area contributed by atoms with Crippen molar-refractivity contribution in [1.29, 1.82) is 0 Å². The first-order valence-corrected chi connectivity index (χ1v) is 6.96. The van der Waals surface area contributed by atoms with Crippen LogP contribution < -0.4 is 10.2 Å². The molecule has 0 aliphatic carbocycles. The maximum Gasteiger partial charge on any atom is 0.271 e. The van der Waals surface area contributed by atoms with Gasteiger partial charge in [-0.1, -0.05) is 0 Å². The van der Waals surface area contributed by atoms with E-state index < -0.39 is 11.7 Å². The molecule has 0 saturated carbocycles. The van der Waals surface area contributed by atoms with E-state index in [4.69, 9.17) is 4.74 Å². The molecule has 0 atom stereocenters. The summed E-state index contributed by atoms with van der Waals surface area (Å²) in [4.78, 5) is 11.8. The lowest BCUT2D eigenvalue weighted by molar-refractivity contribution is 0.0955. The maximum absolute atomic E-state index is 12.8. The van der Waals surface area contributed by atoms with Crippen LogP contribution in [-0.2, 0) is 0 Å². The number of hydrogen-bond donors (Lipinski definition) is 2. The molecule has 7 heteroatoms. The molecule has 0 saturated heterocycles. The Balaban J connectivity index is 2.08. The number of nitrogens with one attached hydrogen (secondary N) is 1. The standard InChI is InChI=1S/C15H12BrFN2O3/c1-22-13-7-9(6-12(16)14(13)20)8-18-19-15(21)10-2-4-11(17)5-3-10/h2-8,20H,1H3,(H,19,21). The van der Waals surface area contributed by atoms with Crippen molar-refractivity contribution in [1.82, 2.24) is 5.43 Å². The second-order valence-corrected chi connectivity index (χ2v) is 5.11. The first-order valence-electron chi connectivity index (χ1n) is 6.16. The molecular weight excluding hydrogens is 355 g/mol. The molecule has 2 aromatic rings. The van der Waals surface area contributed by atoms with Gasteiger partial charge >= 0.3 is 0 Å². The molecule has 114 valence electrons. The molecule has 0 fully saturated rings. The van der Waals surface area contributed by atoms with E-state index in [1.807, 2.05) is 0 Å². The third kappa shape index (κ3) is 3.82. The summed E-state index contributed by atoms with van der Waals surface area (Å²) >= 11 is 3.19. The summed E-state index contributed by atoms with van der Waals surface area (Å²) in [7, 11) is 1.43. The lowest BCUT2D eigenvalue weighted by atomic mass is 10.2. The number of amides is 1. The quantitative estimate of drug-likeness (QED) is 0.645. The molecule has 0 radical (unpaired) electrons. The number of phenolic OH excluding ortho intramolecular Hbond substituents is 1. The molecule has 22 heavy (non-hydrogen) atoms. The Labute approximate surface area is 134 Å². The first kappa shape index (κ1) is 16.0. The topological polar surface area (TPSA) is 70.9 Å². The van der Waals surface area contributed by atoms with Crippen LogP contribution in [0, 0.1) is 5.82 Å². The van der Waals surface area contributed by atoms with Gasteiger partial charge < -0.3 is 9.84 Å². The normalized spacial score (nSPS) is 10.7. The lowest BCUT2D eigenvalue weighted by Gasteiger charge is -2.06. The van der Waals surface area contributed by atoms with Crippen molar-refractivity contribution >= 4 is 28.1 Å². The number of carbonyl (C=O) groups is 1. The third-order valence-corrected chi connectivity index (χ3v) is 3.36. The molecule has 0 aromatic heterocycles. The van der Waals surface area contributed by atoms with Gasteiger partial charge in [0.15, 0.2) is 11.5 Å². The predicted molar refractivity (Wildman–Crippen MR) is 83.8 cm³/mol. The fourth-order valence-electron chi connectivity index (χ4n) is 1.66. The molecule has 0 aliphatic rings. The van der Waals surface area contributed by atoms with Crippen LogP contribution in [0.1, 0.15) is 15.9 Å². The molecular formula is C15H12BrFN2O3. The van der Waals surface area contributed by atoms with Gasteiger partial charge in [0.05, 0.1) is 17.8 Å². The van der Waals surface area contributed by atoms with Crippen LogP contribution in [0.3, 0.4) is 0 Å². The molecule has 1 amide bonds. The first-order chi connectivity index (χ1) is 10.5. The molecule has 0 unspecified atom stereocenters. The molecule has 0 aliphatic heterocycles. The highest BCUT2D eigenvalue weighted by atomic mass is 79.9. The van der Waals surface area contributed by atoms with Crippen molar-refractivity contribution in [2.24, 2.45) is 5.10 Å². The van der Waals surface area contributed by atoms with Gasteiger partial charge in [-0.05, 0) is 57.9 Å². The van der Waals surface area contributed by atoms with Gasteiger partial charge in [-0.2, -0.15) is 5.10 Å². The van der Waals surface area contributed by atoms with Crippen molar-refractivity contribution in [3.05, 3.63) is 57.8 Å². The van der Waals surface area contributed by atoms with Crippen LogP contribution in [0.4, 0.5) is 4.39 Å². The van der Waals surface area contributed by atoms with E-state index in [1.165, 1.54) is 37.6 Å². The third-order valence-electron chi connectivity index (χ3n) is 2.76. The number of aromatic hydroxyl groups is 1. The van der Waals surface area contributed by atoms with Gasteiger partial charge in [0.1, 0.15) is 5.82 Å². The Bertz CT molecular complexity index is 717. The Morgan fingerprint density at radius 1 is 1.36 bits per heavy atom. The van der Waals surface area contributed by atoms with Crippen LogP contribution in [-0.4, -0.2) is 24.3 Å². The zero-order valence-electron chi connectivity index (χ0n) is 11.5. The number of nitrogens with zero attached hydrogens (tertiary/aromatic N) is 1. The SMILES string of the molecule is COc1cc(C=NNC(=O)c2ccc(F)cc2)cc(Br)c1O. The highest BCUT2D eigenvalue weighted by Gasteiger charge is 2.08. The van der Waals surface area contributed by atoms with E-state index in [-0.39, 0.29) is 11.5 Å². The van der Waals surface area contributed by atoms with E-state index >= 15 is 0 Å². The Morgan fingerprint density at radius 3 is 2.68 bits per heavy atom. The van der Waals surface area contributed by atoms with Gasteiger partial charge in [-0.15, -0.1) is 0 Å². The number of benzene rings is 2. The largest absolute Gasteiger partial charge is 0.503 e. The number of carbonyl (C=O) groups excluding carboxylic acids is 1. The minimum Gasteiger partial charge on any atom is -0.503 e. The van der Waals surface area contributed by atoms with Gasteiger partial charge in [-0.25, -0.2) is 9.82 Å². The average Bonchev–Trinajstić information content (AvgIpc) is 2.51. The zero-order chi connectivity index (χ0) is 16.1. The van der Waals surface area contributed by atoms with Crippen molar-refractivity contribution in [2.45, 2.75) is 0 Å². The number of ether oxygens (including phenoxy) is 1. The summed E-state index contributed by atoms with van der Waals surface area (Å²) in [5, 5.41) is 13.5. The average molecular weight is 367 g/mol. The summed E-state index contributed by atoms with van der Waals surface area (Å²) in [6, 6.07) is 8.29. The van der Waals surface area contributed by atoms with E-state index in [2.05, 4.69) is 26.5 Å². The minimum absolute atomic E-state index is 0.0185. The number of halogens is 2. The molecule has 5 nitrogen and oxygen atoms in total.